The number of hydrogen-bond acceptors (Lipinski definition) is 3. The van der Waals surface area contributed by atoms with Crippen molar-refractivity contribution >= 4 is 16.9 Å². The third-order valence-electron chi connectivity index (χ3n) is 2.45. The number of nitrogens with zero attached hydrogens (tertiary/aromatic N) is 2. The molecule has 16 heavy (non-hydrogen) atoms. The summed E-state index contributed by atoms with van der Waals surface area (Å²) in [5.41, 5.74) is 8.16. The summed E-state index contributed by atoms with van der Waals surface area (Å²) in [5, 5.41) is 0.990. The highest BCUT2D eigenvalue weighted by molar-refractivity contribution is 5.79. The normalized spacial score (nSPS) is 10.8. The number of nitrogen functional groups attached to an aromatic ring is 1. The number of aromatic amines is 1. The van der Waals surface area contributed by atoms with E-state index in [-0.39, 0.29) is 0 Å². The van der Waals surface area contributed by atoms with Crippen LogP contribution in [0.3, 0.4) is 0 Å². The van der Waals surface area contributed by atoms with E-state index in [1.807, 2.05) is 36.5 Å². The Kier molecular flexibility index (Phi) is 1.86. The minimum Gasteiger partial charge on any atom is -0.384 e. The zero-order valence-corrected chi connectivity index (χ0v) is 8.51. The second-order valence-electron chi connectivity index (χ2n) is 3.56. The van der Waals surface area contributed by atoms with Gasteiger partial charge in [0.25, 0.3) is 0 Å². The first-order chi connectivity index (χ1) is 7.83. The lowest BCUT2D eigenvalue weighted by molar-refractivity contribution is 1.27. The Labute approximate surface area is 92.2 Å². The monoisotopic (exact) mass is 210 g/mol. The number of rotatable bonds is 1. The Bertz CT molecular complexity index is 629. The molecule has 4 nitrogen and oxygen atoms in total. The molecule has 78 valence electrons. The highest BCUT2D eigenvalue weighted by Crippen LogP contribution is 2.18. The SMILES string of the molecule is Nc1ccc2ccc(-c3ccc[nH]3)nc2n1. The highest BCUT2D eigenvalue weighted by Gasteiger charge is 2.02. The minimum atomic E-state index is 0.489. The fourth-order valence-corrected chi connectivity index (χ4v) is 1.65. The summed E-state index contributed by atoms with van der Waals surface area (Å²) >= 11 is 0. The van der Waals surface area contributed by atoms with Crippen LogP contribution < -0.4 is 5.73 Å². The van der Waals surface area contributed by atoms with E-state index in [0.29, 0.717) is 11.5 Å². The van der Waals surface area contributed by atoms with E-state index >= 15 is 0 Å². The molecule has 0 bridgehead atoms. The van der Waals surface area contributed by atoms with Gasteiger partial charge in [-0.1, -0.05) is 0 Å². The number of H-pyrrole nitrogens is 1. The Hall–Kier alpha value is -2.36. The average molecular weight is 210 g/mol. The lowest BCUT2D eigenvalue weighted by Crippen LogP contribution is -1.93. The van der Waals surface area contributed by atoms with Crippen LogP contribution in [0.25, 0.3) is 22.4 Å². The Morgan fingerprint density at radius 3 is 2.69 bits per heavy atom. The summed E-state index contributed by atoms with van der Waals surface area (Å²) in [6.07, 6.45) is 1.87. The van der Waals surface area contributed by atoms with Crippen LogP contribution >= 0.6 is 0 Å². The third kappa shape index (κ3) is 1.40. The van der Waals surface area contributed by atoms with E-state index in [1.54, 1.807) is 6.07 Å². The topological polar surface area (TPSA) is 67.6 Å². The third-order valence-corrected chi connectivity index (χ3v) is 2.45. The van der Waals surface area contributed by atoms with Gasteiger partial charge in [0, 0.05) is 11.6 Å². The molecule has 3 aromatic heterocycles. The molecular weight excluding hydrogens is 200 g/mol. The van der Waals surface area contributed by atoms with Crippen molar-refractivity contribution in [1.82, 2.24) is 15.0 Å². The van der Waals surface area contributed by atoms with Crippen molar-refractivity contribution in [3.05, 3.63) is 42.6 Å². The van der Waals surface area contributed by atoms with E-state index in [1.165, 1.54) is 0 Å². The van der Waals surface area contributed by atoms with Crippen molar-refractivity contribution < 1.29 is 0 Å². The molecule has 0 atom stereocenters. The number of pyridine rings is 2. The molecule has 0 saturated carbocycles. The van der Waals surface area contributed by atoms with Crippen LogP contribution in [0.4, 0.5) is 5.82 Å². The summed E-state index contributed by atoms with van der Waals surface area (Å²) < 4.78 is 0. The second kappa shape index (κ2) is 3.34. The van der Waals surface area contributed by atoms with Gasteiger partial charge in [-0.3, -0.25) is 0 Å². The average Bonchev–Trinajstić information content (AvgIpc) is 2.81. The smallest absolute Gasteiger partial charge is 0.162 e. The zero-order valence-electron chi connectivity index (χ0n) is 8.51. The molecule has 3 heterocycles. The van der Waals surface area contributed by atoms with Gasteiger partial charge < -0.3 is 10.7 Å². The maximum absolute atomic E-state index is 5.63. The van der Waals surface area contributed by atoms with Gasteiger partial charge in [0.05, 0.1) is 11.4 Å². The first kappa shape index (κ1) is 8.91. The van der Waals surface area contributed by atoms with Gasteiger partial charge in [0.1, 0.15) is 5.82 Å². The van der Waals surface area contributed by atoms with Crippen molar-refractivity contribution in [3.8, 4) is 11.4 Å². The molecule has 0 aliphatic heterocycles. The molecule has 3 aromatic rings. The molecule has 0 aromatic carbocycles. The molecule has 0 unspecified atom stereocenters. The zero-order chi connectivity index (χ0) is 11.0. The van der Waals surface area contributed by atoms with E-state index in [4.69, 9.17) is 5.73 Å². The molecule has 0 spiro atoms. The predicted molar refractivity (Wildman–Crippen MR) is 63.7 cm³/mol. The van der Waals surface area contributed by atoms with Gasteiger partial charge >= 0.3 is 0 Å². The minimum absolute atomic E-state index is 0.489. The number of fused-ring (bicyclic) bond motifs is 1. The number of hydrogen-bond donors (Lipinski definition) is 2. The van der Waals surface area contributed by atoms with Crippen LogP contribution in [0.1, 0.15) is 0 Å². The summed E-state index contributed by atoms with van der Waals surface area (Å²) in [4.78, 5) is 11.8. The quantitative estimate of drug-likeness (QED) is 0.647. The van der Waals surface area contributed by atoms with E-state index < -0.39 is 0 Å². The Morgan fingerprint density at radius 1 is 1.00 bits per heavy atom. The summed E-state index contributed by atoms with van der Waals surface area (Å²) in [5.74, 6) is 0.489. The van der Waals surface area contributed by atoms with Crippen LogP contribution in [0.5, 0.6) is 0 Å². The second-order valence-corrected chi connectivity index (χ2v) is 3.56. The molecule has 0 saturated heterocycles. The van der Waals surface area contributed by atoms with Crippen LogP contribution in [-0.2, 0) is 0 Å². The lowest BCUT2D eigenvalue weighted by Gasteiger charge is -2.01. The van der Waals surface area contributed by atoms with Gasteiger partial charge in [-0.15, -0.1) is 0 Å². The number of anilines is 1. The molecule has 3 N–H and O–H groups in total. The Balaban J connectivity index is 2.22. The van der Waals surface area contributed by atoms with E-state index in [0.717, 1.165) is 16.8 Å². The van der Waals surface area contributed by atoms with Gasteiger partial charge in [0.15, 0.2) is 5.65 Å². The molecule has 4 heteroatoms. The lowest BCUT2D eigenvalue weighted by atomic mass is 10.2. The van der Waals surface area contributed by atoms with Gasteiger partial charge in [0.2, 0.25) is 0 Å². The van der Waals surface area contributed by atoms with Crippen LogP contribution in [0, 0.1) is 0 Å². The highest BCUT2D eigenvalue weighted by atomic mass is 14.9. The van der Waals surface area contributed by atoms with Crippen molar-refractivity contribution in [3.63, 3.8) is 0 Å². The fraction of sp³-hybridized carbons (Fsp3) is 0. The van der Waals surface area contributed by atoms with Crippen molar-refractivity contribution in [1.29, 1.82) is 0 Å². The van der Waals surface area contributed by atoms with Gasteiger partial charge in [-0.05, 0) is 36.4 Å². The molecular formula is C12H10N4. The number of nitrogens with two attached hydrogens (primary N) is 1. The van der Waals surface area contributed by atoms with Crippen LogP contribution in [0.15, 0.2) is 42.6 Å². The van der Waals surface area contributed by atoms with E-state index in [9.17, 15) is 0 Å². The largest absolute Gasteiger partial charge is 0.384 e. The maximum Gasteiger partial charge on any atom is 0.162 e. The van der Waals surface area contributed by atoms with Crippen LogP contribution in [-0.4, -0.2) is 15.0 Å². The van der Waals surface area contributed by atoms with Crippen LogP contribution in [0.2, 0.25) is 0 Å². The van der Waals surface area contributed by atoms with E-state index in [2.05, 4.69) is 15.0 Å². The summed E-state index contributed by atoms with van der Waals surface area (Å²) in [6, 6.07) is 11.6. The predicted octanol–water partition coefficient (Wildman–Crippen LogP) is 2.21. The molecule has 0 amide bonds. The van der Waals surface area contributed by atoms with Crippen molar-refractivity contribution in [2.45, 2.75) is 0 Å². The Morgan fingerprint density at radius 2 is 1.88 bits per heavy atom. The van der Waals surface area contributed by atoms with Crippen molar-refractivity contribution in [2.24, 2.45) is 0 Å². The number of nitrogens with one attached hydrogen (secondary N) is 1. The molecule has 3 rings (SSSR count). The molecule has 0 aliphatic carbocycles. The number of aromatic nitrogens is 3. The van der Waals surface area contributed by atoms with Gasteiger partial charge in [-0.2, -0.15) is 0 Å². The summed E-state index contributed by atoms with van der Waals surface area (Å²) in [7, 11) is 0. The molecule has 0 radical (unpaired) electrons. The molecule has 0 fully saturated rings. The maximum atomic E-state index is 5.63. The standard InChI is InChI=1S/C12H10N4/c13-11-6-4-8-3-5-10(15-12(8)16-11)9-2-1-7-14-9/h1-7,14H,(H2,13,15,16). The first-order valence-corrected chi connectivity index (χ1v) is 5.00. The summed E-state index contributed by atoms with van der Waals surface area (Å²) in [6.45, 7) is 0. The first-order valence-electron chi connectivity index (χ1n) is 5.00. The molecule has 0 aliphatic rings. The van der Waals surface area contributed by atoms with Gasteiger partial charge in [-0.25, -0.2) is 9.97 Å². The van der Waals surface area contributed by atoms with Crippen molar-refractivity contribution in [2.75, 3.05) is 5.73 Å². The fourth-order valence-electron chi connectivity index (χ4n) is 1.65.